The smallest absolute Gasteiger partial charge is 0.330 e. The first kappa shape index (κ1) is 31.8. The van der Waals surface area contributed by atoms with Gasteiger partial charge in [-0.1, -0.05) is 38.2 Å². The lowest BCUT2D eigenvalue weighted by Gasteiger charge is -2.27. The summed E-state index contributed by atoms with van der Waals surface area (Å²) >= 11 is 0. The van der Waals surface area contributed by atoms with Crippen LogP contribution in [-0.4, -0.2) is 47.3 Å². The molecule has 6 rings (SSSR count). The van der Waals surface area contributed by atoms with E-state index in [4.69, 9.17) is 10.5 Å². The Labute approximate surface area is 269 Å². The number of nitrogens with two attached hydrogens (primary N) is 1. The summed E-state index contributed by atoms with van der Waals surface area (Å²) in [7, 11) is -3.85. The van der Waals surface area contributed by atoms with Crippen molar-refractivity contribution in [1.29, 1.82) is 0 Å². The first-order valence-corrected chi connectivity index (χ1v) is 17.6. The monoisotopic (exact) mass is 646 g/mol. The van der Waals surface area contributed by atoms with Gasteiger partial charge in [-0.05, 0) is 85.7 Å². The number of aliphatic hydroxyl groups is 1. The van der Waals surface area contributed by atoms with Gasteiger partial charge in [-0.2, -0.15) is 0 Å². The third kappa shape index (κ3) is 7.80. The van der Waals surface area contributed by atoms with Crippen LogP contribution in [0.15, 0.2) is 76.7 Å². The van der Waals surface area contributed by atoms with Crippen molar-refractivity contribution in [2.45, 2.75) is 74.9 Å². The van der Waals surface area contributed by atoms with Crippen LogP contribution in [0.4, 0.5) is 11.5 Å². The molecule has 0 radical (unpaired) electrons. The predicted octanol–water partition coefficient (Wildman–Crippen LogP) is 4.47. The summed E-state index contributed by atoms with van der Waals surface area (Å²) in [5, 5.41) is 13.6. The molecule has 2 atom stereocenters. The van der Waals surface area contributed by atoms with Crippen LogP contribution in [0.5, 0.6) is 5.75 Å². The zero-order chi connectivity index (χ0) is 32.1. The molecular formula is C34H42N6O5S. The number of rotatable bonds is 14. The van der Waals surface area contributed by atoms with Crippen LogP contribution in [0.3, 0.4) is 0 Å². The van der Waals surface area contributed by atoms with Gasteiger partial charge in [0.2, 0.25) is 0 Å². The van der Waals surface area contributed by atoms with E-state index in [2.05, 4.69) is 20.0 Å². The molecule has 2 unspecified atom stereocenters. The van der Waals surface area contributed by atoms with Crippen LogP contribution < -0.4 is 26.2 Å². The number of anilines is 2. The maximum absolute atomic E-state index is 13.2. The number of fused-ring (bicyclic) bond motifs is 1. The molecule has 0 bridgehead atoms. The molecular weight excluding hydrogens is 604 g/mol. The number of nitrogen functional groups attached to an aromatic ring is 1. The zero-order valence-corrected chi connectivity index (χ0v) is 26.6. The first-order chi connectivity index (χ1) is 22.2. The summed E-state index contributed by atoms with van der Waals surface area (Å²) < 4.78 is 36.7. The fraction of sp³-hybridized carbons (Fsp3) is 0.412. The Kier molecular flexibility index (Phi) is 9.76. The van der Waals surface area contributed by atoms with E-state index in [1.54, 1.807) is 48.7 Å². The summed E-state index contributed by atoms with van der Waals surface area (Å²) in [5.74, 6) is 2.01. The Balaban J connectivity index is 1.00. The normalized spacial score (nSPS) is 17.1. The van der Waals surface area contributed by atoms with Gasteiger partial charge in [-0.15, -0.1) is 0 Å². The van der Waals surface area contributed by atoms with E-state index >= 15 is 0 Å². The standard InChI is InChI=1S/C34H42N6O5S/c35-33-17-9-25(19-37-33)31(41)21-36-20-29-13-8-24-18-26(10-16-32(24)45-29)39-46(43,44)30-14-11-28(12-15-30)40-22-27(38-34(40)42)7-2-1-4-23-5-3-6-23/h9-12,14-19,22-23,29,31,36,39,41H,1-8,13,20-21H2,(H2,35,37)(H,38,42). The molecule has 6 N–H and O–H groups in total. The third-order valence-electron chi connectivity index (χ3n) is 8.98. The van der Waals surface area contributed by atoms with E-state index in [0.717, 1.165) is 42.9 Å². The lowest BCUT2D eigenvalue weighted by atomic mass is 9.82. The van der Waals surface area contributed by atoms with Crippen molar-refractivity contribution in [3.8, 4) is 11.4 Å². The zero-order valence-electron chi connectivity index (χ0n) is 25.8. The lowest BCUT2D eigenvalue weighted by molar-refractivity contribution is 0.146. The number of H-pyrrole nitrogens is 1. The number of unbranched alkanes of at least 4 members (excludes halogenated alkanes) is 1. The summed E-state index contributed by atoms with van der Waals surface area (Å²) in [6.07, 6.45) is 12.4. The Hall–Kier alpha value is -4.13. The molecule has 46 heavy (non-hydrogen) atoms. The molecule has 1 aliphatic heterocycles. The van der Waals surface area contributed by atoms with Gasteiger partial charge in [0.15, 0.2) is 0 Å². The number of benzene rings is 2. The highest BCUT2D eigenvalue weighted by atomic mass is 32.2. The minimum Gasteiger partial charge on any atom is -0.489 e. The minimum absolute atomic E-state index is 0.0779. The molecule has 1 aliphatic carbocycles. The van der Waals surface area contributed by atoms with Gasteiger partial charge in [0.1, 0.15) is 17.7 Å². The highest BCUT2D eigenvalue weighted by Gasteiger charge is 2.22. The molecule has 2 aromatic heterocycles. The summed E-state index contributed by atoms with van der Waals surface area (Å²) in [6, 6.07) is 15.0. The molecule has 244 valence electrons. The highest BCUT2D eigenvalue weighted by Crippen LogP contribution is 2.32. The SMILES string of the molecule is Nc1ccc(C(O)CNCC2CCc3cc(NS(=O)(=O)c4ccc(-n5cc(CCCCC6CCC6)[nH]c5=O)cc4)ccc3O2)cn1. The summed E-state index contributed by atoms with van der Waals surface area (Å²) in [5.41, 5.74) is 8.93. The number of hydrogen-bond acceptors (Lipinski definition) is 8. The molecule has 11 nitrogen and oxygen atoms in total. The highest BCUT2D eigenvalue weighted by molar-refractivity contribution is 7.92. The van der Waals surface area contributed by atoms with Gasteiger partial charge in [0.25, 0.3) is 10.0 Å². The number of aliphatic hydroxyl groups excluding tert-OH is 1. The van der Waals surface area contributed by atoms with E-state index in [0.29, 0.717) is 41.6 Å². The summed E-state index contributed by atoms with van der Waals surface area (Å²) in [4.78, 5) is 19.6. The van der Waals surface area contributed by atoms with E-state index in [9.17, 15) is 18.3 Å². The van der Waals surface area contributed by atoms with Crippen LogP contribution >= 0.6 is 0 Å². The Morgan fingerprint density at radius 3 is 2.65 bits per heavy atom. The van der Waals surface area contributed by atoms with Gasteiger partial charge in [0.05, 0.1) is 16.7 Å². The largest absolute Gasteiger partial charge is 0.489 e. The van der Waals surface area contributed by atoms with Crippen molar-refractivity contribution < 1.29 is 18.3 Å². The molecule has 1 fully saturated rings. The average Bonchev–Trinajstić information content (AvgIpc) is 3.40. The quantitative estimate of drug-likeness (QED) is 0.125. The second-order valence-corrected chi connectivity index (χ2v) is 14.1. The molecule has 2 aliphatic rings. The number of nitrogens with zero attached hydrogens (tertiary/aromatic N) is 2. The fourth-order valence-corrected chi connectivity index (χ4v) is 7.11. The predicted molar refractivity (Wildman–Crippen MR) is 178 cm³/mol. The maximum atomic E-state index is 13.2. The number of hydrogen-bond donors (Lipinski definition) is 5. The maximum Gasteiger partial charge on any atom is 0.330 e. The van der Waals surface area contributed by atoms with Gasteiger partial charge in [0, 0.05) is 42.4 Å². The Morgan fingerprint density at radius 2 is 1.91 bits per heavy atom. The lowest BCUT2D eigenvalue weighted by Crippen LogP contribution is -2.36. The van der Waals surface area contributed by atoms with Crippen molar-refractivity contribution in [2.24, 2.45) is 5.92 Å². The topological polar surface area (TPSA) is 164 Å². The van der Waals surface area contributed by atoms with E-state index in [1.807, 2.05) is 6.20 Å². The van der Waals surface area contributed by atoms with Gasteiger partial charge < -0.3 is 25.9 Å². The first-order valence-electron chi connectivity index (χ1n) is 16.1. The Bertz CT molecular complexity index is 1780. The average molecular weight is 647 g/mol. The second-order valence-electron chi connectivity index (χ2n) is 12.4. The molecule has 0 spiro atoms. The van der Waals surface area contributed by atoms with E-state index in [1.165, 1.54) is 48.8 Å². The van der Waals surface area contributed by atoms with Gasteiger partial charge >= 0.3 is 5.69 Å². The fourth-order valence-electron chi connectivity index (χ4n) is 6.06. The Morgan fingerprint density at radius 1 is 1.09 bits per heavy atom. The van der Waals surface area contributed by atoms with Crippen LogP contribution in [-0.2, 0) is 22.9 Å². The van der Waals surface area contributed by atoms with Crippen molar-refractivity contribution in [3.05, 3.63) is 94.3 Å². The second kappa shape index (κ2) is 14.1. The van der Waals surface area contributed by atoms with Crippen LogP contribution in [0.1, 0.15) is 67.9 Å². The summed E-state index contributed by atoms with van der Waals surface area (Å²) in [6.45, 7) is 0.906. The number of ether oxygens (including phenoxy) is 1. The van der Waals surface area contributed by atoms with Gasteiger partial charge in [-0.25, -0.2) is 18.2 Å². The number of sulfonamides is 1. The molecule has 4 aromatic rings. The third-order valence-corrected chi connectivity index (χ3v) is 10.4. The van der Waals surface area contributed by atoms with E-state index in [-0.39, 0.29) is 16.7 Å². The molecule has 3 heterocycles. The van der Waals surface area contributed by atoms with Crippen molar-refractivity contribution in [2.75, 3.05) is 23.5 Å². The number of pyridine rings is 1. The minimum atomic E-state index is -3.85. The van der Waals surface area contributed by atoms with E-state index < -0.39 is 16.1 Å². The van der Waals surface area contributed by atoms with Crippen LogP contribution in [0, 0.1) is 5.92 Å². The number of imidazole rings is 1. The van der Waals surface area contributed by atoms with Gasteiger partial charge in [-0.3, -0.25) is 9.29 Å². The molecule has 0 saturated heterocycles. The molecule has 12 heteroatoms. The molecule has 0 amide bonds. The van der Waals surface area contributed by atoms with Crippen molar-refractivity contribution in [1.82, 2.24) is 19.9 Å². The van der Waals surface area contributed by atoms with Crippen molar-refractivity contribution >= 4 is 21.5 Å². The number of nitrogens with one attached hydrogen (secondary N) is 3. The number of aryl methyl sites for hydroxylation is 2. The number of aromatic nitrogens is 3. The van der Waals surface area contributed by atoms with Crippen LogP contribution in [0.2, 0.25) is 0 Å². The molecule has 2 aromatic carbocycles. The number of aromatic amines is 1. The molecule has 1 saturated carbocycles. The van der Waals surface area contributed by atoms with Crippen LogP contribution in [0.25, 0.3) is 5.69 Å². The van der Waals surface area contributed by atoms with Crippen molar-refractivity contribution in [3.63, 3.8) is 0 Å².